The van der Waals surface area contributed by atoms with E-state index in [0.29, 0.717) is 5.92 Å². The molecule has 1 unspecified atom stereocenters. The number of aromatic nitrogens is 6. The summed E-state index contributed by atoms with van der Waals surface area (Å²) in [4.78, 5) is 12.4. The van der Waals surface area contributed by atoms with E-state index in [1.807, 2.05) is 0 Å². The highest BCUT2D eigenvalue weighted by Crippen LogP contribution is 2.36. The normalized spacial score (nSPS) is 13.5. The molecule has 0 saturated heterocycles. The first-order valence-electron chi connectivity index (χ1n) is 14.6. The summed E-state index contributed by atoms with van der Waals surface area (Å²) >= 11 is 0. The summed E-state index contributed by atoms with van der Waals surface area (Å²) in [6, 6.07) is 20.8. The first kappa shape index (κ1) is 31.0. The third-order valence-corrected chi connectivity index (χ3v) is 7.61. The van der Waals surface area contributed by atoms with Gasteiger partial charge in [0, 0.05) is 36.1 Å². The monoisotopic (exact) mass is 600 g/mol. The van der Waals surface area contributed by atoms with Gasteiger partial charge in [-0.25, -0.2) is 28.1 Å². The summed E-state index contributed by atoms with van der Waals surface area (Å²) in [5, 5.41) is 18.8. The number of para-hydroxylation sites is 2. The fourth-order valence-corrected chi connectivity index (χ4v) is 5.81. The van der Waals surface area contributed by atoms with Crippen LogP contribution >= 0.6 is 0 Å². The SMILES string of the molecule is CC(CN(C)C)CN1c2ccccc2CCc2ccccc21.OC(Cn1cncn1)(Cn1cncn1)c1ccc(F)cc1F. The molecule has 1 atom stereocenters. The van der Waals surface area contributed by atoms with E-state index in [4.69, 9.17) is 0 Å². The van der Waals surface area contributed by atoms with Gasteiger partial charge in [0.25, 0.3) is 0 Å². The van der Waals surface area contributed by atoms with Crippen molar-refractivity contribution in [2.24, 2.45) is 5.92 Å². The Labute approximate surface area is 256 Å². The lowest BCUT2D eigenvalue weighted by Gasteiger charge is -2.30. The summed E-state index contributed by atoms with van der Waals surface area (Å²) in [7, 11) is 4.31. The molecular formula is C33H38F2N8O. The quantitative estimate of drug-likeness (QED) is 0.259. The van der Waals surface area contributed by atoms with Crippen molar-refractivity contribution >= 4 is 11.4 Å². The van der Waals surface area contributed by atoms with E-state index in [1.165, 1.54) is 63.2 Å². The van der Waals surface area contributed by atoms with Gasteiger partial charge >= 0.3 is 0 Å². The molecule has 1 aliphatic heterocycles. The van der Waals surface area contributed by atoms with Crippen molar-refractivity contribution in [3.63, 3.8) is 0 Å². The van der Waals surface area contributed by atoms with Crippen LogP contribution in [0.2, 0.25) is 0 Å². The van der Waals surface area contributed by atoms with Crippen LogP contribution in [0.25, 0.3) is 0 Å². The molecule has 44 heavy (non-hydrogen) atoms. The van der Waals surface area contributed by atoms with Gasteiger partial charge in [-0.3, -0.25) is 0 Å². The van der Waals surface area contributed by atoms with E-state index in [2.05, 4.69) is 99.5 Å². The third kappa shape index (κ3) is 7.53. The van der Waals surface area contributed by atoms with Gasteiger partial charge in [0.2, 0.25) is 0 Å². The highest BCUT2D eigenvalue weighted by molar-refractivity contribution is 5.71. The first-order valence-corrected chi connectivity index (χ1v) is 14.6. The van der Waals surface area contributed by atoms with E-state index in [1.54, 1.807) is 0 Å². The van der Waals surface area contributed by atoms with Gasteiger partial charge in [-0.05, 0) is 62.2 Å². The second-order valence-corrected chi connectivity index (χ2v) is 11.6. The van der Waals surface area contributed by atoms with Crippen molar-refractivity contribution in [1.29, 1.82) is 0 Å². The number of anilines is 2. The van der Waals surface area contributed by atoms with Gasteiger partial charge in [0.05, 0.1) is 13.1 Å². The molecule has 0 amide bonds. The predicted molar refractivity (Wildman–Crippen MR) is 165 cm³/mol. The van der Waals surface area contributed by atoms with Gasteiger partial charge in [0.15, 0.2) is 0 Å². The van der Waals surface area contributed by atoms with E-state index >= 15 is 0 Å². The molecule has 5 aromatic rings. The molecule has 0 bridgehead atoms. The lowest BCUT2D eigenvalue weighted by Crippen LogP contribution is -2.37. The molecule has 6 rings (SSSR count). The van der Waals surface area contributed by atoms with E-state index in [-0.39, 0.29) is 18.7 Å². The second kappa shape index (κ2) is 13.9. The van der Waals surface area contributed by atoms with Crippen LogP contribution in [-0.2, 0) is 31.5 Å². The molecular weight excluding hydrogens is 562 g/mol. The van der Waals surface area contributed by atoms with Crippen molar-refractivity contribution in [2.75, 3.05) is 32.1 Å². The zero-order valence-electron chi connectivity index (χ0n) is 25.3. The Hall–Kier alpha value is -4.48. The van der Waals surface area contributed by atoms with Gasteiger partial charge < -0.3 is 14.9 Å². The Kier molecular flexibility index (Phi) is 9.76. The molecule has 0 saturated carbocycles. The van der Waals surface area contributed by atoms with Gasteiger partial charge in [0.1, 0.15) is 42.5 Å². The zero-order chi connectivity index (χ0) is 31.1. The lowest BCUT2D eigenvalue weighted by atomic mass is 9.93. The van der Waals surface area contributed by atoms with Crippen LogP contribution in [0.15, 0.2) is 92.0 Å². The number of benzene rings is 3. The van der Waals surface area contributed by atoms with Crippen LogP contribution in [0.1, 0.15) is 23.6 Å². The summed E-state index contributed by atoms with van der Waals surface area (Å²) in [6.45, 7) is 4.37. The fourth-order valence-electron chi connectivity index (χ4n) is 5.81. The molecule has 0 aliphatic carbocycles. The molecule has 11 heteroatoms. The standard InChI is InChI=1S/C20H26N2.C13H12F2N6O/c1-16(14-21(2)3)15-22-19-10-6-4-8-17(19)12-13-18-9-5-7-11-20(18)22;14-10-1-2-11(12(15)3-10)13(22,4-20-8-16-6-18-20)5-21-9-17-7-19-21/h4-11,16H,12-15H2,1-3H3;1-3,6-9,22H,4-5H2. The van der Waals surface area contributed by atoms with Crippen molar-refractivity contribution < 1.29 is 13.9 Å². The summed E-state index contributed by atoms with van der Waals surface area (Å²) in [5.41, 5.74) is 3.96. The molecule has 2 aromatic heterocycles. The van der Waals surface area contributed by atoms with Crippen LogP contribution in [-0.4, -0.2) is 66.7 Å². The smallest absolute Gasteiger partial charge is 0.137 e. The Balaban J connectivity index is 0.000000175. The van der Waals surface area contributed by atoms with Gasteiger partial charge in [-0.15, -0.1) is 0 Å². The third-order valence-electron chi connectivity index (χ3n) is 7.61. The van der Waals surface area contributed by atoms with Crippen LogP contribution in [0.4, 0.5) is 20.2 Å². The Morgan fingerprint density at radius 3 is 1.86 bits per heavy atom. The van der Waals surface area contributed by atoms with Gasteiger partial charge in [-0.2, -0.15) is 10.2 Å². The Morgan fingerprint density at radius 1 is 0.841 bits per heavy atom. The number of hydrogen-bond donors (Lipinski definition) is 1. The summed E-state index contributed by atoms with van der Waals surface area (Å²) in [6.07, 6.45) is 7.66. The number of hydrogen-bond acceptors (Lipinski definition) is 7. The van der Waals surface area contributed by atoms with Crippen molar-refractivity contribution in [1.82, 2.24) is 34.4 Å². The number of halogens is 2. The maximum atomic E-state index is 14.1. The minimum absolute atomic E-state index is 0.0556. The maximum Gasteiger partial charge on any atom is 0.137 e. The minimum Gasteiger partial charge on any atom is -0.381 e. The molecule has 1 aliphatic rings. The van der Waals surface area contributed by atoms with Crippen LogP contribution in [0.5, 0.6) is 0 Å². The van der Waals surface area contributed by atoms with Crippen molar-refractivity contribution in [3.8, 4) is 0 Å². The van der Waals surface area contributed by atoms with E-state index in [0.717, 1.165) is 38.1 Å². The minimum atomic E-state index is -1.70. The zero-order valence-corrected chi connectivity index (χ0v) is 25.3. The number of nitrogens with zero attached hydrogens (tertiary/aromatic N) is 8. The van der Waals surface area contributed by atoms with E-state index in [9.17, 15) is 13.9 Å². The molecule has 3 aromatic carbocycles. The molecule has 230 valence electrons. The first-order chi connectivity index (χ1) is 21.2. The number of rotatable bonds is 9. The molecule has 9 nitrogen and oxygen atoms in total. The van der Waals surface area contributed by atoms with E-state index < -0.39 is 17.2 Å². The van der Waals surface area contributed by atoms with Crippen molar-refractivity contribution in [3.05, 3.63) is 120 Å². The second-order valence-electron chi connectivity index (χ2n) is 11.6. The Bertz CT molecular complexity index is 1540. The molecule has 0 radical (unpaired) electrons. The molecule has 0 fully saturated rings. The largest absolute Gasteiger partial charge is 0.381 e. The fraction of sp³-hybridized carbons (Fsp3) is 0.333. The number of aryl methyl sites for hydroxylation is 2. The van der Waals surface area contributed by atoms with Crippen molar-refractivity contribution in [2.45, 2.75) is 38.5 Å². The van der Waals surface area contributed by atoms with Gasteiger partial charge in [-0.1, -0.05) is 49.4 Å². The molecule has 0 spiro atoms. The average Bonchev–Trinajstić information content (AvgIpc) is 3.67. The highest BCUT2D eigenvalue weighted by Gasteiger charge is 2.34. The predicted octanol–water partition coefficient (Wildman–Crippen LogP) is 4.86. The highest BCUT2D eigenvalue weighted by atomic mass is 19.1. The maximum absolute atomic E-state index is 14.1. The lowest BCUT2D eigenvalue weighted by molar-refractivity contribution is -0.00856. The average molecular weight is 601 g/mol. The number of fused-ring (bicyclic) bond motifs is 2. The van der Waals surface area contributed by atoms with Crippen LogP contribution in [0.3, 0.4) is 0 Å². The molecule has 3 heterocycles. The summed E-state index contributed by atoms with van der Waals surface area (Å²) < 4.78 is 29.9. The van der Waals surface area contributed by atoms with Crippen LogP contribution in [0, 0.1) is 17.6 Å². The molecule has 1 N–H and O–H groups in total. The summed E-state index contributed by atoms with van der Waals surface area (Å²) in [5.74, 6) is -0.943. The topological polar surface area (TPSA) is 88.1 Å². The Morgan fingerprint density at radius 2 is 1.39 bits per heavy atom. The number of aliphatic hydroxyl groups is 1. The van der Waals surface area contributed by atoms with Crippen LogP contribution < -0.4 is 4.90 Å².